The van der Waals surface area contributed by atoms with Crippen molar-refractivity contribution in [3.63, 3.8) is 0 Å². The highest BCUT2D eigenvalue weighted by atomic mass is 32.1. The first-order valence-electron chi connectivity index (χ1n) is 49.6. The van der Waals surface area contributed by atoms with Crippen molar-refractivity contribution >= 4 is 130 Å². The van der Waals surface area contributed by atoms with Crippen LogP contribution in [0.15, 0.2) is 512 Å². The molecule has 29 aromatic rings. The van der Waals surface area contributed by atoms with E-state index in [9.17, 15) is 0 Å². The highest BCUT2D eigenvalue weighted by molar-refractivity contribution is 7.22. The molecule has 0 saturated carbocycles. The summed E-state index contributed by atoms with van der Waals surface area (Å²) in [6.07, 6.45) is 0. The van der Waals surface area contributed by atoms with Crippen molar-refractivity contribution in [1.29, 1.82) is 0 Å². The lowest BCUT2D eigenvalue weighted by molar-refractivity contribution is 0.623. The largest absolute Gasteiger partial charge is 0.456 e. The van der Waals surface area contributed by atoms with Crippen LogP contribution < -0.4 is 0 Å². The standard InChI is InChI=1S/C48H30N4S.C46H28N4O.C41H25N3O/c1-4-14-31(15-5-1)37-20-10-11-21-38(37)39-22-12-13-23-40(39)47-51-45(34-16-6-2-7-17-34)50-46(52-47)36-27-25-32-24-26-33-28-29-42-44(43(33)41(32)30-36)53-48(49-42)35-18-8-3-9-19-35;1-4-10-29(11-5-1)35-21-16-30-17-22-36(27-38(30)26-35)44-48-43(33-12-6-2-7-13-33)49-45(50-44)37-23-19-31-18-20-32-24-25-40-42(41(32)39(31)28-37)51-46(47-40)34-14-8-3-9-15-34;1-3-11-26(12-4-1)39-42-40(27-13-5-2-6-14-27)44-41(43-39)36-23-29-16-8-7-15-28(29)22-34(36)31-20-19-30-25-38-35(24-32(30)21-31)33-17-9-10-18-37(33)45-38/h1-30H;1-28H;1-25H. The number of aromatic nitrogens is 11. The van der Waals surface area contributed by atoms with Gasteiger partial charge in [-0.05, 0) is 194 Å². The van der Waals surface area contributed by atoms with Crippen molar-refractivity contribution < 1.29 is 8.83 Å². The van der Waals surface area contributed by atoms with Crippen molar-refractivity contribution in [1.82, 2.24) is 54.8 Å². The molecule has 23 aromatic carbocycles. The molecule has 0 aliphatic heterocycles. The predicted molar refractivity (Wildman–Crippen MR) is 612 cm³/mol. The van der Waals surface area contributed by atoms with E-state index in [1.165, 1.54) is 26.6 Å². The maximum Gasteiger partial charge on any atom is 0.227 e. The van der Waals surface area contributed by atoms with Crippen LogP contribution in [0.3, 0.4) is 0 Å². The number of nitrogens with zero attached hydrogens (tertiary/aromatic N) is 11. The van der Waals surface area contributed by atoms with Crippen molar-refractivity contribution in [2.45, 2.75) is 0 Å². The highest BCUT2D eigenvalue weighted by Gasteiger charge is 2.25. The van der Waals surface area contributed by atoms with Gasteiger partial charge in [-0.15, -0.1) is 11.3 Å². The molecule has 29 rings (SSSR count). The molecule has 0 aliphatic rings. The fraction of sp³-hybridized carbons (Fsp3) is 0. The molecule has 0 amide bonds. The Kier molecular flexibility index (Phi) is 22.5. The normalized spacial score (nSPS) is 11.5. The topological polar surface area (TPSA) is 168 Å². The quantitative estimate of drug-likeness (QED) is 0.0890. The number of furan rings is 1. The first-order chi connectivity index (χ1) is 73.8. The summed E-state index contributed by atoms with van der Waals surface area (Å²) in [4.78, 5) is 55.7. The second kappa shape index (κ2) is 38.1. The molecule has 0 fully saturated rings. The summed E-state index contributed by atoms with van der Waals surface area (Å²) in [6.45, 7) is 0. The van der Waals surface area contributed by atoms with E-state index in [-0.39, 0.29) is 0 Å². The van der Waals surface area contributed by atoms with Crippen molar-refractivity contribution in [2.75, 3.05) is 0 Å². The summed E-state index contributed by atoms with van der Waals surface area (Å²) in [5.74, 6) is 6.26. The fourth-order valence-electron chi connectivity index (χ4n) is 20.3. The minimum atomic E-state index is 0.602. The van der Waals surface area contributed by atoms with E-state index >= 15 is 0 Å². The monoisotopic (exact) mass is 1920 g/mol. The molecule has 0 spiro atoms. The van der Waals surface area contributed by atoms with Gasteiger partial charge in [0.2, 0.25) is 5.89 Å². The maximum absolute atomic E-state index is 6.49. The average molecular weight is 1920 g/mol. The molecule has 13 nitrogen and oxygen atoms in total. The average Bonchev–Trinajstić information content (AvgIpc) is 1.71. The molecule has 6 heterocycles. The number of para-hydroxylation sites is 1. The lowest BCUT2D eigenvalue weighted by atomic mass is 9.91. The molecular weight excluding hydrogens is 1840 g/mol. The zero-order valence-corrected chi connectivity index (χ0v) is 80.9. The molecule has 0 N–H and O–H groups in total. The van der Waals surface area contributed by atoms with E-state index in [1.54, 1.807) is 11.3 Å². The van der Waals surface area contributed by atoms with Gasteiger partial charge in [0.25, 0.3) is 0 Å². The van der Waals surface area contributed by atoms with E-state index in [4.69, 9.17) is 63.7 Å². The SMILES string of the molecule is c1ccc(-c2ccc3ccc(-c4nc(-c5ccccc5)nc(-c5ccc6ccc7ccc8nc(-c9ccccc9)oc8c7c6c5)n4)cc3c2)cc1.c1ccc(-c2nc(-c3ccc4ccc5ccc6nc(-c7ccccc7)sc6c5c4c3)nc(-c3ccccc3-c3ccccc3-c3ccccc3)n2)cc1.c1ccc(-c2nc(-c3ccccc3)nc(-c3cc4ccccc4cc3-c3ccc4cc5oc6ccccc6c5cc4c3)n2)cc1. The Morgan fingerprint density at radius 2 is 0.517 bits per heavy atom. The number of hydrogen-bond acceptors (Lipinski definition) is 14. The van der Waals surface area contributed by atoms with Crippen LogP contribution >= 0.6 is 11.3 Å². The van der Waals surface area contributed by atoms with E-state index in [0.29, 0.717) is 58.3 Å². The number of fused-ring (bicyclic) bond motifs is 16. The highest BCUT2D eigenvalue weighted by Crippen LogP contribution is 2.46. The Balaban J connectivity index is 0.000000110. The van der Waals surface area contributed by atoms with Crippen LogP contribution in [0.25, 0.3) is 288 Å². The third-order valence-electron chi connectivity index (χ3n) is 27.8. The van der Waals surface area contributed by atoms with Gasteiger partial charge >= 0.3 is 0 Å². The van der Waals surface area contributed by atoms with Crippen molar-refractivity contribution in [3.8, 4) is 169 Å². The van der Waals surface area contributed by atoms with Crippen LogP contribution in [-0.2, 0) is 0 Å². The van der Waals surface area contributed by atoms with Gasteiger partial charge in [-0.1, -0.05) is 419 Å². The first kappa shape index (κ1) is 88.0. The lowest BCUT2D eigenvalue weighted by Gasteiger charge is -2.15. The molecule has 0 unspecified atom stereocenters. The predicted octanol–water partition coefficient (Wildman–Crippen LogP) is 35.3. The van der Waals surface area contributed by atoms with Gasteiger partial charge in [0, 0.05) is 82.7 Å². The smallest absolute Gasteiger partial charge is 0.227 e. The maximum atomic E-state index is 6.49. The van der Waals surface area contributed by atoms with Crippen LogP contribution in [-0.4, -0.2) is 54.8 Å². The summed E-state index contributed by atoms with van der Waals surface area (Å²) in [5.41, 5.74) is 23.9. The Labute approximate surface area is 860 Å². The number of rotatable bonds is 15. The second-order valence-electron chi connectivity index (χ2n) is 37.0. The van der Waals surface area contributed by atoms with E-state index in [1.807, 2.05) is 170 Å². The van der Waals surface area contributed by atoms with Crippen LogP contribution in [0, 0.1) is 0 Å². The van der Waals surface area contributed by atoms with Gasteiger partial charge in [-0.2, -0.15) is 0 Å². The van der Waals surface area contributed by atoms with Gasteiger partial charge in [-0.3, -0.25) is 0 Å². The zero-order valence-electron chi connectivity index (χ0n) is 80.1. The minimum Gasteiger partial charge on any atom is -0.456 e. The fourth-order valence-corrected chi connectivity index (χ4v) is 21.5. The molecule has 0 radical (unpaired) electrons. The third-order valence-corrected chi connectivity index (χ3v) is 28.9. The Morgan fingerprint density at radius 1 is 0.154 bits per heavy atom. The molecule has 0 atom stereocenters. The van der Waals surface area contributed by atoms with Gasteiger partial charge in [0.05, 0.1) is 10.2 Å². The lowest BCUT2D eigenvalue weighted by Crippen LogP contribution is -2.01. The van der Waals surface area contributed by atoms with Crippen molar-refractivity contribution in [2.24, 2.45) is 0 Å². The van der Waals surface area contributed by atoms with E-state index in [0.717, 1.165) is 203 Å². The summed E-state index contributed by atoms with van der Waals surface area (Å²) in [5, 5.41) is 19.0. The summed E-state index contributed by atoms with van der Waals surface area (Å²) >= 11 is 1.74. The molecule has 6 aromatic heterocycles. The number of hydrogen-bond donors (Lipinski definition) is 0. The zero-order chi connectivity index (χ0) is 98.6. The summed E-state index contributed by atoms with van der Waals surface area (Å²) in [7, 11) is 0. The Morgan fingerprint density at radius 3 is 1.08 bits per heavy atom. The molecule has 696 valence electrons. The van der Waals surface area contributed by atoms with Crippen molar-refractivity contribution in [3.05, 3.63) is 504 Å². The molecule has 0 aliphatic carbocycles. The number of thiazole rings is 1. The second-order valence-corrected chi connectivity index (χ2v) is 38.0. The van der Waals surface area contributed by atoms with Crippen LogP contribution in [0.2, 0.25) is 0 Å². The third kappa shape index (κ3) is 17.1. The summed E-state index contributed by atoms with van der Waals surface area (Å²) in [6, 6.07) is 174. The number of oxazole rings is 1. The molecular formula is C135H83N11O2S. The van der Waals surface area contributed by atoms with E-state index < -0.39 is 0 Å². The molecule has 14 heteroatoms. The summed E-state index contributed by atoms with van der Waals surface area (Å²) < 4.78 is 13.8. The van der Waals surface area contributed by atoms with Gasteiger partial charge in [0.1, 0.15) is 21.7 Å². The molecule has 149 heavy (non-hydrogen) atoms. The van der Waals surface area contributed by atoms with Crippen LogP contribution in [0.5, 0.6) is 0 Å². The first-order valence-corrected chi connectivity index (χ1v) is 50.4. The molecule has 0 saturated heterocycles. The van der Waals surface area contributed by atoms with E-state index in [2.05, 4.69) is 334 Å². The van der Waals surface area contributed by atoms with Gasteiger partial charge < -0.3 is 8.83 Å². The Hall–Kier alpha value is -19.9. The molecule has 0 bridgehead atoms. The number of benzene rings is 23. The van der Waals surface area contributed by atoms with Crippen LogP contribution in [0.4, 0.5) is 0 Å². The van der Waals surface area contributed by atoms with Gasteiger partial charge in [0.15, 0.2) is 58.0 Å². The Bertz CT molecular complexity index is 10200. The minimum absolute atomic E-state index is 0.602. The van der Waals surface area contributed by atoms with Gasteiger partial charge in [-0.25, -0.2) is 54.8 Å². The van der Waals surface area contributed by atoms with Crippen LogP contribution in [0.1, 0.15) is 0 Å².